The first-order valence-electron chi connectivity index (χ1n) is 6.47. The van der Waals surface area contributed by atoms with Crippen LogP contribution in [0.15, 0.2) is 17.5 Å². The molecule has 1 aliphatic carbocycles. The molecule has 2 heterocycles. The molecule has 0 aliphatic heterocycles. The van der Waals surface area contributed by atoms with Crippen LogP contribution in [0.5, 0.6) is 0 Å². The summed E-state index contributed by atoms with van der Waals surface area (Å²) in [7, 11) is 0. The van der Waals surface area contributed by atoms with Crippen LogP contribution in [0.3, 0.4) is 0 Å². The van der Waals surface area contributed by atoms with Crippen molar-refractivity contribution < 1.29 is 0 Å². The highest BCUT2D eigenvalue weighted by atomic mass is 32.1. The molecule has 0 aromatic carbocycles. The lowest BCUT2D eigenvalue weighted by Crippen LogP contribution is -2.17. The van der Waals surface area contributed by atoms with Gasteiger partial charge in [-0.15, -0.1) is 32.9 Å². The van der Waals surface area contributed by atoms with Crippen LogP contribution in [0.25, 0.3) is 0 Å². The lowest BCUT2D eigenvalue weighted by Gasteiger charge is -1.99. The van der Waals surface area contributed by atoms with Gasteiger partial charge in [-0.3, -0.25) is 0 Å². The maximum Gasteiger partial charge on any atom is 0.122 e. The van der Waals surface area contributed by atoms with Gasteiger partial charge in [-0.2, -0.15) is 0 Å². The molecule has 3 rings (SSSR count). The molecule has 0 amide bonds. The highest BCUT2D eigenvalue weighted by molar-refractivity contribution is 7.12. The van der Waals surface area contributed by atoms with E-state index >= 15 is 0 Å². The normalized spacial score (nSPS) is 15.1. The van der Waals surface area contributed by atoms with Crippen molar-refractivity contribution in [3.8, 4) is 0 Å². The smallest absolute Gasteiger partial charge is 0.122 e. The zero-order valence-corrected chi connectivity index (χ0v) is 11.9. The van der Waals surface area contributed by atoms with E-state index in [4.69, 9.17) is 0 Å². The summed E-state index contributed by atoms with van der Waals surface area (Å²) in [5.41, 5.74) is 0. The van der Waals surface area contributed by atoms with E-state index < -0.39 is 0 Å². The third-order valence-corrected chi connectivity index (χ3v) is 4.85. The molecular weight excluding hydrogens is 262 g/mol. The number of aryl methyl sites for hydroxylation is 1. The van der Waals surface area contributed by atoms with Crippen molar-refractivity contribution in [3.63, 3.8) is 0 Å². The molecule has 5 heteroatoms. The van der Waals surface area contributed by atoms with Gasteiger partial charge in [0, 0.05) is 23.8 Å². The molecule has 0 spiro atoms. The third kappa shape index (κ3) is 3.60. The minimum absolute atomic E-state index is 0.814. The van der Waals surface area contributed by atoms with Gasteiger partial charge in [-0.05, 0) is 37.3 Å². The fraction of sp³-hybridized carbons (Fsp3) is 0.538. The Balaban J connectivity index is 1.43. The Morgan fingerprint density at radius 1 is 1.28 bits per heavy atom. The van der Waals surface area contributed by atoms with Gasteiger partial charge in [0.2, 0.25) is 0 Å². The average molecular weight is 279 g/mol. The second-order valence-corrected chi connectivity index (χ2v) is 6.86. The summed E-state index contributed by atoms with van der Waals surface area (Å²) < 4.78 is 0. The Morgan fingerprint density at radius 3 is 2.94 bits per heavy atom. The van der Waals surface area contributed by atoms with E-state index in [1.807, 2.05) is 0 Å². The molecule has 3 nitrogen and oxygen atoms in total. The summed E-state index contributed by atoms with van der Waals surface area (Å²) in [5, 5.41) is 16.5. The highest BCUT2D eigenvalue weighted by Gasteiger charge is 2.19. The summed E-state index contributed by atoms with van der Waals surface area (Å²) in [6.45, 7) is 1.12. The SMILES string of the molecule is c1csc(Cc2nnc(CCCNC3CC3)s2)c1. The second kappa shape index (κ2) is 5.91. The quantitative estimate of drug-likeness (QED) is 0.792. The number of rotatable bonds is 7. The molecule has 18 heavy (non-hydrogen) atoms. The third-order valence-electron chi connectivity index (χ3n) is 2.99. The van der Waals surface area contributed by atoms with Crippen molar-refractivity contribution in [1.82, 2.24) is 15.5 Å². The van der Waals surface area contributed by atoms with Crippen LogP contribution in [-0.2, 0) is 12.8 Å². The molecule has 0 bridgehead atoms. The number of hydrogen-bond donors (Lipinski definition) is 1. The van der Waals surface area contributed by atoms with Crippen molar-refractivity contribution >= 4 is 22.7 Å². The van der Waals surface area contributed by atoms with Crippen LogP contribution in [-0.4, -0.2) is 22.8 Å². The molecule has 1 aliphatic rings. The molecule has 2 aromatic heterocycles. The minimum atomic E-state index is 0.814. The van der Waals surface area contributed by atoms with Gasteiger partial charge in [0.05, 0.1) is 0 Å². The summed E-state index contributed by atoms with van der Waals surface area (Å²) in [4.78, 5) is 1.37. The summed E-state index contributed by atoms with van der Waals surface area (Å²) >= 11 is 3.55. The molecule has 1 saturated carbocycles. The molecule has 0 unspecified atom stereocenters. The van der Waals surface area contributed by atoms with Gasteiger partial charge >= 0.3 is 0 Å². The maximum atomic E-state index is 4.27. The van der Waals surface area contributed by atoms with Crippen molar-refractivity contribution in [1.29, 1.82) is 0 Å². The molecule has 2 aromatic rings. The molecule has 96 valence electrons. The first kappa shape index (κ1) is 12.3. The zero-order chi connectivity index (χ0) is 12.2. The highest BCUT2D eigenvalue weighted by Crippen LogP contribution is 2.20. The van der Waals surface area contributed by atoms with Gasteiger partial charge in [0.25, 0.3) is 0 Å². The van der Waals surface area contributed by atoms with Crippen LogP contribution in [0, 0.1) is 0 Å². The number of aromatic nitrogens is 2. The fourth-order valence-electron chi connectivity index (χ4n) is 1.86. The Labute approximate surface area is 115 Å². The van der Waals surface area contributed by atoms with Crippen molar-refractivity contribution in [2.45, 2.75) is 38.1 Å². The Bertz CT molecular complexity index is 474. The maximum absolute atomic E-state index is 4.27. The van der Waals surface area contributed by atoms with Crippen LogP contribution in [0.4, 0.5) is 0 Å². The van der Waals surface area contributed by atoms with E-state index in [-0.39, 0.29) is 0 Å². The number of hydrogen-bond acceptors (Lipinski definition) is 5. The Hall–Kier alpha value is -0.780. The predicted molar refractivity (Wildman–Crippen MR) is 76.4 cm³/mol. The monoisotopic (exact) mass is 279 g/mol. The van der Waals surface area contributed by atoms with E-state index in [2.05, 4.69) is 33.0 Å². The topological polar surface area (TPSA) is 37.8 Å². The van der Waals surface area contributed by atoms with Crippen molar-refractivity contribution in [2.75, 3.05) is 6.54 Å². The Morgan fingerprint density at radius 2 is 2.17 bits per heavy atom. The predicted octanol–water partition coefficient (Wildman–Crippen LogP) is 2.88. The Kier molecular flexibility index (Phi) is 4.02. The standard InChI is InChI=1S/C13H17N3S2/c1(7-14-10-5-6-10)4-12-15-16-13(18-12)9-11-3-2-8-17-11/h2-3,8,10,14H,1,4-7,9H2. The zero-order valence-electron chi connectivity index (χ0n) is 10.3. The van der Waals surface area contributed by atoms with E-state index in [1.54, 1.807) is 22.7 Å². The lowest BCUT2D eigenvalue weighted by atomic mass is 10.3. The van der Waals surface area contributed by atoms with Crippen LogP contribution >= 0.6 is 22.7 Å². The van der Waals surface area contributed by atoms with Crippen molar-refractivity contribution in [2.24, 2.45) is 0 Å². The molecule has 0 saturated heterocycles. The lowest BCUT2D eigenvalue weighted by molar-refractivity contribution is 0.643. The van der Waals surface area contributed by atoms with E-state index in [9.17, 15) is 0 Å². The number of thiophene rings is 1. The minimum Gasteiger partial charge on any atom is -0.314 e. The van der Waals surface area contributed by atoms with Gasteiger partial charge in [0.1, 0.15) is 10.0 Å². The molecule has 1 N–H and O–H groups in total. The summed E-state index contributed by atoms with van der Waals surface area (Å²) in [6, 6.07) is 5.06. The van der Waals surface area contributed by atoms with E-state index in [0.717, 1.165) is 30.4 Å². The second-order valence-electron chi connectivity index (χ2n) is 4.68. The molecule has 0 atom stereocenters. The summed E-state index contributed by atoms with van der Waals surface area (Å²) in [6.07, 6.45) is 5.90. The van der Waals surface area contributed by atoms with E-state index in [0.29, 0.717) is 0 Å². The molecule has 0 radical (unpaired) electrons. The van der Waals surface area contributed by atoms with Crippen LogP contribution in [0.2, 0.25) is 0 Å². The summed E-state index contributed by atoms with van der Waals surface area (Å²) in [5.74, 6) is 0. The van der Waals surface area contributed by atoms with Crippen molar-refractivity contribution in [3.05, 3.63) is 32.4 Å². The van der Waals surface area contributed by atoms with Gasteiger partial charge < -0.3 is 5.32 Å². The van der Waals surface area contributed by atoms with E-state index in [1.165, 1.54) is 29.1 Å². The molecular formula is C13H17N3S2. The first-order valence-corrected chi connectivity index (χ1v) is 8.17. The van der Waals surface area contributed by atoms with Crippen LogP contribution in [0.1, 0.15) is 34.2 Å². The fourth-order valence-corrected chi connectivity index (χ4v) is 3.57. The van der Waals surface area contributed by atoms with Gasteiger partial charge in [-0.1, -0.05) is 6.07 Å². The van der Waals surface area contributed by atoms with Gasteiger partial charge in [-0.25, -0.2) is 0 Å². The van der Waals surface area contributed by atoms with Gasteiger partial charge in [0.15, 0.2) is 0 Å². The number of nitrogens with one attached hydrogen (secondary N) is 1. The van der Waals surface area contributed by atoms with Crippen LogP contribution < -0.4 is 5.32 Å². The number of nitrogens with zero attached hydrogens (tertiary/aromatic N) is 2. The largest absolute Gasteiger partial charge is 0.314 e. The average Bonchev–Trinajstić information content (AvgIpc) is 2.88. The molecule has 1 fully saturated rings. The first-order chi connectivity index (χ1) is 8.90.